The summed E-state index contributed by atoms with van der Waals surface area (Å²) >= 11 is 5.05. The first-order valence-corrected chi connectivity index (χ1v) is 6.41. The summed E-state index contributed by atoms with van der Waals surface area (Å²) in [6.07, 6.45) is 2.84. The summed E-state index contributed by atoms with van der Waals surface area (Å²) in [5.74, 6) is -0.290. The molecule has 1 N–H and O–H groups in total. The zero-order valence-corrected chi connectivity index (χ0v) is 11.0. The number of nitrogens with zero attached hydrogens (tertiary/aromatic N) is 1. The van der Waals surface area contributed by atoms with Crippen LogP contribution in [0.3, 0.4) is 0 Å². The van der Waals surface area contributed by atoms with E-state index < -0.39 is 0 Å². The Morgan fingerprint density at radius 2 is 2.31 bits per heavy atom. The first-order chi connectivity index (χ1) is 7.74. The van der Waals surface area contributed by atoms with Gasteiger partial charge < -0.3 is 5.32 Å². The van der Waals surface area contributed by atoms with E-state index in [0.717, 1.165) is 9.35 Å². The van der Waals surface area contributed by atoms with E-state index >= 15 is 0 Å². The number of thiophene rings is 1. The van der Waals surface area contributed by atoms with Crippen LogP contribution in [0.15, 0.2) is 34.4 Å². The van der Waals surface area contributed by atoms with Gasteiger partial charge in [0.2, 0.25) is 0 Å². The molecular formula is C11H10BrFN2S. The van der Waals surface area contributed by atoms with Crippen LogP contribution in [0.4, 0.5) is 4.39 Å². The van der Waals surface area contributed by atoms with Crippen molar-refractivity contribution in [2.24, 2.45) is 0 Å². The lowest BCUT2D eigenvalue weighted by Gasteiger charge is -2.16. The van der Waals surface area contributed by atoms with Crippen molar-refractivity contribution < 1.29 is 4.39 Å². The van der Waals surface area contributed by atoms with Gasteiger partial charge in [-0.25, -0.2) is 4.39 Å². The summed E-state index contributed by atoms with van der Waals surface area (Å²) in [5.41, 5.74) is 0.612. The van der Waals surface area contributed by atoms with Crippen LogP contribution in [0.2, 0.25) is 0 Å². The van der Waals surface area contributed by atoms with Crippen LogP contribution in [0.5, 0.6) is 0 Å². The highest BCUT2D eigenvalue weighted by atomic mass is 79.9. The van der Waals surface area contributed by atoms with Crippen molar-refractivity contribution >= 4 is 27.3 Å². The molecule has 5 heteroatoms. The van der Waals surface area contributed by atoms with Crippen LogP contribution >= 0.6 is 27.3 Å². The predicted octanol–water partition coefficient (Wildman–Crippen LogP) is 3.35. The van der Waals surface area contributed by atoms with E-state index in [1.54, 1.807) is 23.6 Å². The van der Waals surface area contributed by atoms with Crippen LogP contribution in [-0.4, -0.2) is 12.0 Å². The summed E-state index contributed by atoms with van der Waals surface area (Å²) in [7, 11) is 1.82. The fraction of sp³-hybridized carbons (Fsp3) is 0.182. The molecule has 0 aliphatic heterocycles. The molecule has 0 aromatic carbocycles. The van der Waals surface area contributed by atoms with Crippen LogP contribution < -0.4 is 5.32 Å². The van der Waals surface area contributed by atoms with Gasteiger partial charge in [-0.3, -0.25) is 4.98 Å². The van der Waals surface area contributed by atoms with E-state index in [4.69, 9.17) is 0 Å². The Morgan fingerprint density at radius 3 is 2.88 bits per heavy atom. The second kappa shape index (κ2) is 5.03. The monoisotopic (exact) mass is 300 g/mol. The molecule has 1 unspecified atom stereocenters. The molecule has 0 radical (unpaired) electrons. The maximum Gasteiger partial charge on any atom is 0.146 e. The van der Waals surface area contributed by atoms with Gasteiger partial charge in [0.1, 0.15) is 5.82 Å². The molecule has 2 nitrogen and oxygen atoms in total. The Balaban J connectivity index is 2.45. The highest BCUT2D eigenvalue weighted by Crippen LogP contribution is 2.33. The molecular weight excluding hydrogens is 291 g/mol. The molecule has 0 spiro atoms. The average molecular weight is 301 g/mol. The third kappa shape index (κ3) is 2.16. The molecule has 0 fully saturated rings. The molecule has 0 aliphatic rings. The van der Waals surface area contributed by atoms with E-state index in [9.17, 15) is 4.39 Å². The van der Waals surface area contributed by atoms with Gasteiger partial charge in [0.05, 0.1) is 12.2 Å². The largest absolute Gasteiger partial charge is 0.309 e. The first kappa shape index (κ1) is 11.7. The molecule has 2 aromatic rings. The van der Waals surface area contributed by atoms with Crippen LogP contribution in [0.1, 0.15) is 16.5 Å². The minimum absolute atomic E-state index is 0.141. The normalized spacial score (nSPS) is 12.7. The number of hydrogen-bond donors (Lipinski definition) is 1. The smallest absolute Gasteiger partial charge is 0.146 e. The van der Waals surface area contributed by atoms with Crippen LogP contribution in [0, 0.1) is 5.82 Å². The second-order valence-electron chi connectivity index (χ2n) is 3.25. The standard InChI is InChI=1S/C11H10BrFN2S/c1-14-10(11-8(12)3-5-16-11)7-2-4-15-6-9(7)13/h2-6,10,14H,1H3. The highest BCUT2D eigenvalue weighted by molar-refractivity contribution is 9.10. The lowest BCUT2D eigenvalue weighted by atomic mass is 10.1. The fourth-order valence-electron chi connectivity index (χ4n) is 1.56. The Kier molecular flexibility index (Phi) is 3.68. The van der Waals surface area contributed by atoms with Crippen LogP contribution in [-0.2, 0) is 0 Å². The van der Waals surface area contributed by atoms with E-state index in [1.165, 1.54) is 6.20 Å². The molecule has 0 aliphatic carbocycles. The minimum atomic E-state index is -0.290. The third-order valence-electron chi connectivity index (χ3n) is 2.31. The van der Waals surface area contributed by atoms with E-state index in [0.29, 0.717) is 5.56 Å². The number of halogens is 2. The minimum Gasteiger partial charge on any atom is -0.309 e. The van der Waals surface area contributed by atoms with E-state index in [-0.39, 0.29) is 11.9 Å². The number of hydrogen-bond acceptors (Lipinski definition) is 3. The Bertz CT molecular complexity index is 486. The number of pyridine rings is 1. The van der Waals surface area contributed by atoms with Gasteiger partial charge in [0, 0.05) is 21.1 Å². The van der Waals surface area contributed by atoms with Crippen molar-refractivity contribution in [3.05, 3.63) is 50.6 Å². The molecule has 0 bridgehead atoms. The Hall–Kier alpha value is -0.780. The van der Waals surface area contributed by atoms with Crippen molar-refractivity contribution in [3.63, 3.8) is 0 Å². The Morgan fingerprint density at radius 1 is 1.50 bits per heavy atom. The number of aromatic nitrogens is 1. The van der Waals surface area contributed by atoms with Crippen molar-refractivity contribution in [2.45, 2.75) is 6.04 Å². The van der Waals surface area contributed by atoms with Crippen molar-refractivity contribution in [2.75, 3.05) is 7.05 Å². The topological polar surface area (TPSA) is 24.9 Å². The first-order valence-electron chi connectivity index (χ1n) is 4.73. The zero-order chi connectivity index (χ0) is 11.5. The quantitative estimate of drug-likeness (QED) is 0.940. The maximum atomic E-state index is 13.6. The molecule has 84 valence electrons. The summed E-state index contributed by atoms with van der Waals surface area (Å²) in [5, 5.41) is 5.09. The van der Waals surface area contributed by atoms with E-state index in [2.05, 4.69) is 26.2 Å². The fourth-order valence-corrected chi connectivity index (χ4v) is 3.29. The molecule has 2 rings (SSSR count). The number of rotatable bonds is 3. The lowest BCUT2D eigenvalue weighted by molar-refractivity contribution is 0.573. The van der Waals surface area contributed by atoms with Crippen molar-refractivity contribution in [1.82, 2.24) is 10.3 Å². The zero-order valence-electron chi connectivity index (χ0n) is 8.58. The molecule has 2 heterocycles. The highest BCUT2D eigenvalue weighted by Gasteiger charge is 2.19. The van der Waals surface area contributed by atoms with Gasteiger partial charge in [0.15, 0.2) is 0 Å². The van der Waals surface area contributed by atoms with Gasteiger partial charge in [0.25, 0.3) is 0 Å². The molecule has 0 saturated carbocycles. The van der Waals surface area contributed by atoms with Crippen molar-refractivity contribution in [3.8, 4) is 0 Å². The van der Waals surface area contributed by atoms with Gasteiger partial charge >= 0.3 is 0 Å². The maximum absolute atomic E-state index is 13.6. The summed E-state index contributed by atoms with van der Waals surface area (Å²) in [6, 6.07) is 3.52. The molecule has 1 atom stereocenters. The summed E-state index contributed by atoms with van der Waals surface area (Å²) in [6.45, 7) is 0. The summed E-state index contributed by atoms with van der Waals surface area (Å²) in [4.78, 5) is 4.82. The second-order valence-corrected chi connectivity index (χ2v) is 5.05. The lowest BCUT2D eigenvalue weighted by Crippen LogP contribution is -2.18. The third-order valence-corrected chi connectivity index (χ3v) is 4.25. The SMILES string of the molecule is CNC(c1ccncc1F)c1sccc1Br. The molecule has 0 amide bonds. The number of nitrogens with one attached hydrogen (secondary N) is 1. The summed E-state index contributed by atoms with van der Waals surface area (Å²) < 4.78 is 14.6. The molecule has 2 aromatic heterocycles. The van der Waals surface area contributed by atoms with Gasteiger partial charge in [-0.2, -0.15) is 0 Å². The predicted molar refractivity (Wildman–Crippen MR) is 67.1 cm³/mol. The van der Waals surface area contributed by atoms with Gasteiger partial charge in [-0.15, -0.1) is 11.3 Å². The van der Waals surface area contributed by atoms with Gasteiger partial charge in [-0.05, 0) is 40.5 Å². The van der Waals surface area contributed by atoms with E-state index in [1.807, 2.05) is 18.5 Å². The van der Waals surface area contributed by atoms with Gasteiger partial charge in [-0.1, -0.05) is 0 Å². The van der Waals surface area contributed by atoms with Crippen molar-refractivity contribution in [1.29, 1.82) is 0 Å². The molecule has 0 saturated heterocycles. The van der Waals surface area contributed by atoms with Crippen LogP contribution in [0.25, 0.3) is 0 Å². The average Bonchev–Trinajstić information content (AvgIpc) is 2.69. The molecule has 16 heavy (non-hydrogen) atoms. The Labute approximate surface area is 106 Å².